The third-order valence-corrected chi connectivity index (χ3v) is 2.48. The number of carbonyl (C=O) groups excluding carboxylic acids is 1. The summed E-state index contributed by atoms with van der Waals surface area (Å²) in [4.78, 5) is 10.4. The smallest absolute Gasteiger partial charge is 0.123 e. The van der Waals surface area contributed by atoms with Gasteiger partial charge in [0.25, 0.3) is 0 Å². The summed E-state index contributed by atoms with van der Waals surface area (Å²) in [5, 5.41) is 0. The van der Waals surface area contributed by atoms with Crippen LogP contribution < -0.4 is 0 Å². The van der Waals surface area contributed by atoms with Gasteiger partial charge in [0.15, 0.2) is 0 Å². The quantitative estimate of drug-likeness (QED) is 0.464. The summed E-state index contributed by atoms with van der Waals surface area (Å²) in [7, 11) is 1.64. The van der Waals surface area contributed by atoms with E-state index in [1.807, 2.05) is 13.0 Å². The molecule has 14 heavy (non-hydrogen) atoms. The molecular weight excluding hydrogens is 176 g/mol. The Morgan fingerprint density at radius 1 is 1.50 bits per heavy atom. The Balaban J connectivity index is 4.21. The molecule has 0 aromatic heterocycles. The second-order valence-electron chi connectivity index (χ2n) is 4.01. The van der Waals surface area contributed by atoms with Crippen LogP contribution in [0.25, 0.3) is 0 Å². The van der Waals surface area contributed by atoms with Crippen molar-refractivity contribution in [2.75, 3.05) is 7.11 Å². The first-order valence-electron chi connectivity index (χ1n) is 5.26. The number of aldehydes is 1. The van der Waals surface area contributed by atoms with Gasteiger partial charge in [-0.3, -0.25) is 0 Å². The molecular formula is C12H22O2. The highest BCUT2D eigenvalue weighted by Gasteiger charge is 2.18. The minimum atomic E-state index is -0.427. The molecule has 2 atom stereocenters. The number of methoxy groups -OCH3 is 1. The summed E-state index contributed by atoms with van der Waals surface area (Å²) in [6, 6.07) is 0. The highest BCUT2D eigenvalue weighted by molar-refractivity contribution is 5.52. The average Bonchev–Trinajstić information content (AvgIpc) is 2.16. The summed E-state index contributed by atoms with van der Waals surface area (Å²) >= 11 is 0. The standard InChI is InChI=1S/C12H22O2/c1-5-6-11(2)7-8-12(3,14-4)9-10-13/h7-8,10-11H,5-6,9H2,1-4H3/b8-7+/t11?,12-/m0/s1. The van der Waals surface area contributed by atoms with Crippen molar-refractivity contribution in [1.82, 2.24) is 0 Å². The second-order valence-corrected chi connectivity index (χ2v) is 4.01. The van der Waals surface area contributed by atoms with Crippen LogP contribution >= 0.6 is 0 Å². The molecule has 0 aliphatic carbocycles. The highest BCUT2D eigenvalue weighted by atomic mass is 16.5. The summed E-state index contributed by atoms with van der Waals surface area (Å²) in [5.74, 6) is 0.557. The predicted molar refractivity (Wildman–Crippen MR) is 59.3 cm³/mol. The van der Waals surface area contributed by atoms with Crippen LogP contribution in [-0.4, -0.2) is 19.0 Å². The zero-order chi connectivity index (χ0) is 11.0. The molecule has 0 heterocycles. The van der Waals surface area contributed by atoms with Gasteiger partial charge in [0, 0.05) is 13.5 Å². The van der Waals surface area contributed by atoms with Crippen LogP contribution in [0.2, 0.25) is 0 Å². The monoisotopic (exact) mass is 198 g/mol. The van der Waals surface area contributed by atoms with E-state index >= 15 is 0 Å². The number of carbonyl (C=O) groups is 1. The third-order valence-electron chi connectivity index (χ3n) is 2.48. The van der Waals surface area contributed by atoms with Crippen molar-refractivity contribution >= 4 is 6.29 Å². The van der Waals surface area contributed by atoms with Crippen molar-refractivity contribution in [3.05, 3.63) is 12.2 Å². The van der Waals surface area contributed by atoms with Crippen LogP contribution in [0, 0.1) is 5.92 Å². The predicted octanol–water partition coefficient (Wildman–Crippen LogP) is 2.97. The van der Waals surface area contributed by atoms with E-state index in [0.717, 1.165) is 6.29 Å². The Kier molecular flexibility index (Phi) is 6.46. The van der Waals surface area contributed by atoms with E-state index in [4.69, 9.17) is 4.74 Å². The molecule has 1 unspecified atom stereocenters. The van der Waals surface area contributed by atoms with Crippen molar-refractivity contribution in [3.8, 4) is 0 Å². The average molecular weight is 198 g/mol. The molecule has 0 saturated heterocycles. The van der Waals surface area contributed by atoms with Crippen molar-refractivity contribution < 1.29 is 9.53 Å². The Morgan fingerprint density at radius 3 is 2.57 bits per heavy atom. The van der Waals surface area contributed by atoms with E-state index < -0.39 is 5.60 Å². The summed E-state index contributed by atoms with van der Waals surface area (Å²) in [6.07, 6.45) is 7.82. The van der Waals surface area contributed by atoms with Gasteiger partial charge < -0.3 is 9.53 Å². The van der Waals surface area contributed by atoms with Gasteiger partial charge in [-0.1, -0.05) is 32.4 Å². The first-order chi connectivity index (χ1) is 6.58. The zero-order valence-corrected chi connectivity index (χ0v) is 9.75. The zero-order valence-electron chi connectivity index (χ0n) is 9.75. The maximum Gasteiger partial charge on any atom is 0.123 e. The maximum atomic E-state index is 10.4. The Hall–Kier alpha value is -0.630. The van der Waals surface area contributed by atoms with E-state index in [9.17, 15) is 4.79 Å². The van der Waals surface area contributed by atoms with E-state index in [-0.39, 0.29) is 0 Å². The van der Waals surface area contributed by atoms with Gasteiger partial charge >= 0.3 is 0 Å². The molecule has 0 aromatic carbocycles. The maximum absolute atomic E-state index is 10.4. The Morgan fingerprint density at radius 2 is 2.14 bits per heavy atom. The molecule has 2 heteroatoms. The summed E-state index contributed by atoms with van der Waals surface area (Å²) in [6.45, 7) is 6.28. The molecule has 0 fully saturated rings. The summed E-state index contributed by atoms with van der Waals surface area (Å²) in [5.41, 5.74) is -0.427. The number of ether oxygens (including phenoxy) is 1. The van der Waals surface area contributed by atoms with Gasteiger partial charge in [0.2, 0.25) is 0 Å². The van der Waals surface area contributed by atoms with E-state index in [2.05, 4.69) is 19.9 Å². The van der Waals surface area contributed by atoms with Crippen LogP contribution in [0.3, 0.4) is 0 Å². The molecule has 0 aromatic rings. The van der Waals surface area contributed by atoms with Gasteiger partial charge in [0.05, 0.1) is 5.60 Å². The van der Waals surface area contributed by atoms with Crippen molar-refractivity contribution in [1.29, 1.82) is 0 Å². The van der Waals surface area contributed by atoms with Gasteiger partial charge in [0.1, 0.15) is 6.29 Å². The fraction of sp³-hybridized carbons (Fsp3) is 0.750. The van der Waals surface area contributed by atoms with Crippen molar-refractivity contribution in [3.63, 3.8) is 0 Å². The lowest BCUT2D eigenvalue weighted by molar-refractivity contribution is -0.111. The number of hydrogen-bond donors (Lipinski definition) is 0. The minimum Gasteiger partial charge on any atom is -0.374 e. The fourth-order valence-electron chi connectivity index (χ4n) is 1.30. The molecule has 2 nitrogen and oxygen atoms in total. The molecule has 0 aliphatic heterocycles. The van der Waals surface area contributed by atoms with Crippen LogP contribution in [-0.2, 0) is 9.53 Å². The van der Waals surface area contributed by atoms with Gasteiger partial charge in [-0.25, -0.2) is 0 Å². The van der Waals surface area contributed by atoms with Crippen LogP contribution in [0.5, 0.6) is 0 Å². The van der Waals surface area contributed by atoms with Gasteiger partial charge in [-0.05, 0) is 19.3 Å². The van der Waals surface area contributed by atoms with Crippen LogP contribution in [0.1, 0.15) is 40.0 Å². The lowest BCUT2D eigenvalue weighted by Crippen LogP contribution is -2.24. The lowest BCUT2D eigenvalue weighted by atomic mass is 9.98. The van der Waals surface area contributed by atoms with E-state index in [0.29, 0.717) is 12.3 Å². The van der Waals surface area contributed by atoms with E-state index in [1.165, 1.54) is 12.8 Å². The fourth-order valence-corrected chi connectivity index (χ4v) is 1.30. The molecule has 0 bridgehead atoms. The molecule has 82 valence electrons. The molecule has 0 amide bonds. The number of hydrogen-bond acceptors (Lipinski definition) is 2. The van der Waals surface area contributed by atoms with E-state index in [1.54, 1.807) is 7.11 Å². The summed E-state index contributed by atoms with van der Waals surface area (Å²) < 4.78 is 5.29. The molecule has 0 aliphatic rings. The molecule has 0 rings (SSSR count). The topological polar surface area (TPSA) is 26.3 Å². The number of rotatable bonds is 7. The lowest BCUT2D eigenvalue weighted by Gasteiger charge is -2.22. The van der Waals surface area contributed by atoms with Crippen molar-refractivity contribution in [2.24, 2.45) is 5.92 Å². The molecule has 0 saturated carbocycles. The highest BCUT2D eigenvalue weighted by Crippen LogP contribution is 2.17. The third kappa shape index (κ3) is 5.18. The molecule has 0 spiro atoms. The first-order valence-corrected chi connectivity index (χ1v) is 5.26. The Bertz CT molecular complexity index is 187. The van der Waals surface area contributed by atoms with Gasteiger partial charge in [-0.2, -0.15) is 0 Å². The minimum absolute atomic E-state index is 0.416. The van der Waals surface area contributed by atoms with Crippen LogP contribution in [0.15, 0.2) is 12.2 Å². The molecule has 0 N–H and O–H groups in total. The van der Waals surface area contributed by atoms with Gasteiger partial charge in [-0.15, -0.1) is 0 Å². The normalized spacial score (nSPS) is 18.0. The molecule has 0 radical (unpaired) electrons. The first kappa shape index (κ1) is 13.4. The largest absolute Gasteiger partial charge is 0.374 e. The second kappa shape index (κ2) is 6.77. The Labute approximate surface area is 87.3 Å². The SMILES string of the molecule is CCCC(C)/C=C/[C@@](C)(CC=O)OC. The van der Waals surface area contributed by atoms with Crippen LogP contribution in [0.4, 0.5) is 0 Å². The number of allylic oxidation sites excluding steroid dienone is 1. The van der Waals surface area contributed by atoms with Crippen molar-refractivity contribution in [2.45, 2.75) is 45.6 Å².